The molecule has 0 unspecified atom stereocenters. The Labute approximate surface area is 112 Å². The fourth-order valence-corrected chi connectivity index (χ4v) is 1.95. The first-order chi connectivity index (χ1) is 9.08. The summed E-state index contributed by atoms with van der Waals surface area (Å²) in [6, 6.07) is 9.68. The van der Waals surface area contributed by atoms with Gasteiger partial charge in [0.15, 0.2) is 0 Å². The number of amides is 1. The van der Waals surface area contributed by atoms with E-state index in [-0.39, 0.29) is 5.91 Å². The summed E-state index contributed by atoms with van der Waals surface area (Å²) in [6.07, 6.45) is 3.54. The van der Waals surface area contributed by atoms with Gasteiger partial charge >= 0.3 is 0 Å². The van der Waals surface area contributed by atoms with Crippen molar-refractivity contribution in [3.8, 4) is 0 Å². The fraction of sp³-hybridized carbons (Fsp3) is 0.200. The first-order valence-corrected chi connectivity index (χ1v) is 6.09. The Balaban J connectivity index is 2.14. The molecule has 0 atom stereocenters. The fourth-order valence-electron chi connectivity index (χ4n) is 1.95. The molecule has 1 amide bonds. The number of benzene rings is 1. The van der Waals surface area contributed by atoms with E-state index in [4.69, 9.17) is 5.73 Å². The molecular formula is C15H17N3O. The highest BCUT2D eigenvalue weighted by Gasteiger charge is 2.13. The van der Waals surface area contributed by atoms with Crippen LogP contribution < -0.4 is 10.6 Å². The minimum Gasteiger partial charge on any atom is -0.396 e. The topological polar surface area (TPSA) is 59.2 Å². The van der Waals surface area contributed by atoms with Gasteiger partial charge in [-0.15, -0.1) is 0 Å². The molecule has 0 spiro atoms. The number of pyridine rings is 1. The van der Waals surface area contributed by atoms with E-state index in [0.717, 1.165) is 11.1 Å². The molecule has 0 saturated carbocycles. The Hall–Kier alpha value is -2.36. The molecule has 0 aliphatic heterocycles. The van der Waals surface area contributed by atoms with Crippen molar-refractivity contribution in [2.45, 2.75) is 13.3 Å². The Bertz CT molecular complexity index is 595. The zero-order valence-corrected chi connectivity index (χ0v) is 11.1. The van der Waals surface area contributed by atoms with Gasteiger partial charge in [-0.25, -0.2) is 0 Å². The third-order valence-corrected chi connectivity index (χ3v) is 3.00. The van der Waals surface area contributed by atoms with Gasteiger partial charge in [0, 0.05) is 13.2 Å². The number of nitrogens with zero attached hydrogens (tertiary/aromatic N) is 2. The summed E-state index contributed by atoms with van der Waals surface area (Å²) < 4.78 is 0. The number of carbonyl (C=O) groups is 1. The molecule has 2 aromatic rings. The average Bonchev–Trinajstić information content (AvgIpc) is 2.38. The minimum absolute atomic E-state index is 0.00324. The first-order valence-electron chi connectivity index (χ1n) is 6.09. The number of carbonyl (C=O) groups excluding carboxylic acids is 1. The molecule has 0 radical (unpaired) electrons. The molecule has 19 heavy (non-hydrogen) atoms. The summed E-state index contributed by atoms with van der Waals surface area (Å²) in [4.78, 5) is 17.7. The number of rotatable bonds is 3. The highest BCUT2D eigenvalue weighted by Crippen LogP contribution is 2.20. The summed E-state index contributed by atoms with van der Waals surface area (Å²) >= 11 is 0. The average molecular weight is 255 g/mol. The van der Waals surface area contributed by atoms with E-state index < -0.39 is 0 Å². The SMILES string of the molecule is Cc1cccc(CC(=O)N(C)c2ccncc2N)c1. The second kappa shape index (κ2) is 5.52. The molecule has 1 aromatic heterocycles. The van der Waals surface area contributed by atoms with Crippen LogP contribution in [0.15, 0.2) is 42.7 Å². The molecule has 4 heteroatoms. The maximum atomic E-state index is 12.2. The van der Waals surface area contributed by atoms with Gasteiger partial charge in [0.1, 0.15) is 0 Å². The number of nitrogen functional groups attached to an aromatic ring is 1. The lowest BCUT2D eigenvalue weighted by molar-refractivity contribution is -0.117. The van der Waals surface area contributed by atoms with Crippen molar-refractivity contribution in [2.75, 3.05) is 17.7 Å². The molecule has 1 heterocycles. The van der Waals surface area contributed by atoms with Gasteiger partial charge in [-0.2, -0.15) is 0 Å². The Kier molecular flexibility index (Phi) is 3.80. The number of hydrogen-bond acceptors (Lipinski definition) is 3. The van der Waals surface area contributed by atoms with Crippen LogP contribution in [0.3, 0.4) is 0 Å². The predicted molar refractivity (Wildman–Crippen MR) is 76.9 cm³/mol. The summed E-state index contributed by atoms with van der Waals surface area (Å²) in [5, 5.41) is 0. The standard InChI is InChI=1S/C15H17N3O/c1-11-4-3-5-12(8-11)9-15(19)18(2)14-6-7-17-10-13(14)16/h3-8,10H,9,16H2,1-2H3. The molecule has 0 saturated heterocycles. The van der Waals surface area contributed by atoms with E-state index >= 15 is 0 Å². The van der Waals surface area contributed by atoms with E-state index in [1.165, 1.54) is 0 Å². The van der Waals surface area contributed by atoms with Crippen LogP contribution in [0.4, 0.5) is 11.4 Å². The summed E-state index contributed by atoms with van der Waals surface area (Å²) in [5.74, 6) is 0.00324. The quantitative estimate of drug-likeness (QED) is 0.914. The van der Waals surface area contributed by atoms with Gasteiger partial charge in [0.25, 0.3) is 0 Å². The monoisotopic (exact) mass is 255 g/mol. The number of aryl methyl sites for hydroxylation is 1. The van der Waals surface area contributed by atoms with E-state index in [1.807, 2.05) is 31.2 Å². The molecule has 0 bridgehead atoms. The molecule has 2 rings (SSSR count). The van der Waals surface area contributed by atoms with Crippen molar-refractivity contribution >= 4 is 17.3 Å². The molecule has 98 valence electrons. The zero-order valence-electron chi connectivity index (χ0n) is 11.1. The summed E-state index contributed by atoms with van der Waals surface area (Å²) in [6.45, 7) is 2.01. The van der Waals surface area contributed by atoms with Crippen molar-refractivity contribution in [3.63, 3.8) is 0 Å². The maximum Gasteiger partial charge on any atom is 0.231 e. The van der Waals surface area contributed by atoms with Crippen LogP contribution in [0, 0.1) is 6.92 Å². The van der Waals surface area contributed by atoms with Crippen LogP contribution in [0.2, 0.25) is 0 Å². The highest BCUT2D eigenvalue weighted by atomic mass is 16.2. The minimum atomic E-state index is 0.00324. The maximum absolute atomic E-state index is 12.2. The number of anilines is 2. The Morgan fingerprint density at radius 2 is 2.16 bits per heavy atom. The third-order valence-electron chi connectivity index (χ3n) is 3.00. The predicted octanol–water partition coefficient (Wildman–Crippen LogP) is 2.18. The molecule has 0 fully saturated rings. The largest absolute Gasteiger partial charge is 0.396 e. The van der Waals surface area contributed by atoms with Crippen molar-refractivity contribution in [1.82, 2.24) is 4.98 Å². The van der Waals surface area contributed by atoms with Gasteiger partial charge in [0.05, 0.1) is 24.0 Å². The molecule has 4 nitrogen and oxygen atoms in total. The van der Waals surface area contributed by atoms with Gasteiger partial charge in [-0.05, 0) is 18.6 Å². The van der Waals surface area contributed by atoms with Crippen molar-refractivity contribution < 1.29 is 4.79 Å². The van der Waals surface area contributed by atoms with E-state index in [0.29, 0.717) is 17.8 Å². The van der Waals surface area contributed by atoms with Gasteiger partial charge in [-0.1, -0.05) is 29.8 Å². The summed E-state index contributed by atoms with van der Waals surface area (Å²) in [7, 11) is 1.73. The number of aromatic nitrogens is 1. The van der Waals surface area contributed by atoms with Gasteiger partial charge < -0.3 is 10.6 Å². The number of nitrogens with two attached hydrogens (primary N) is 1. The lowest BCUT2D eigenvalue weighted by atomic mass is 10.1. The van der Waals surface area contributed by atoms with Gasteiger partial charge in [-0.3, -0.25) is 9.78 Å². The number of hydrogen-bond donors (Lipinski definition) is 1. The lowest BCUT2D eigenvalue weighted by Crippen LogP contribution is -2.28. The zero-order chi connectivity index (χ0) is 13.8. The summed E-state index contributed by atoms with van der Waals surface area (Å²) in [5.41, 5.74) is 9.16. The third kappa shape index (κ3) is 3.10. The van der Waals surface area contributed by atoms with Crippen LogP contribution in [0.5, 0.6) is 0 Å². The van der Waals surface area contributed by atoms with Crippen LogP contribution in [0.1, 0.15) is 11.1 Å². The van der Waals surface area contributed by atoms with E-state index in [2.05, 4.69) is 4.98 Å². The molecular weight excluding hydrogens is 238 g/mol. The van der Waals surface area contributed by atoms with Crippen molar-refractivity contribution in [3.05, 3.63) is 53.9 Å². The number of likely N-dealkylation sites (N-methyl/N-ethyl adjacent to an activating group) is 1. The van der Waals surface area contributed by atoms with Gasteiger partial charge in [0.2, 0.25) is 5.91 Å². The smallest absolute Gasteiger partial charge is 0.231 e. The van der Waals surface area contributed by atoms with E-state index in [9.17, 15) is 4.79 Å². The first kappa shape index (κ1) is 13.1. The second-order valence-electron chi connectivity index (χ2n) is 4.55. The van der Waals surface area contributed by atoms with Crippen LogP contribution in [-0.4, -0.2) is 17.9 Å². The molecule has 1 aromatic carbocycles. The van der Waals surface area contributed by atoms with Crippen molar-refractivity contribution in [2.24, 2.45) is 0 Å². The van der Waals surface area contributed by atoms with Crippen molar-refractivity contribution in [1.29, 1.82) is 0 Å². The molecule has 0 aliphatic carbocycles. The van der Waals surface area contributed by atoms with Crippen LogP contribution in [0.25, 0.3) is 0 Å². The normalized spacial score (nSPS) is 10.2. The lowest BCUT2D eigenvalue weighted by Gasteiger charge is -2.19. The second-order valence-corrected chi connectivity index (χ2v) is 4.55. The van der Waals surface area contributed by atoms with Crippen LogP contribution >= 0.6 is 0 Å². The Morgan fingerprint density at radius 1 is 1.37 bits per heavy atom. The van der Waals surface area contributed by atoms with Crippen LogP contribution in [-0.2, 0) is 11.2 Å². The molecule has 0 aliphatic rings. The molecule has 2 N–H and O–H groups in total. The Morgan fingerprint density at radius 3 is 2.84 bits per heavy atom. The van der Waals surface area contributed by atoms with E-state index in [1.54, 1.807) is 30.4 Å². The highest BCUT2D eigenvalue weighted by molar-refractivity contribution is 5.96.